The molecule has 0 unspecified atom stereocenters. The highest BCUT2D eigenvalue weighted by atomic mass is 35.5. The molecule has 0 aliphatic carbocycles. The zero-order valence-electron chi connectivity index (χ0n) is 14.0. The Morgan fingerprint density at radius 2 is 1.84 bits per heavy atom. The first-order chi connectivity index (χ1) is 12.2. The van der Waals surface area contributed by atoms with Crippen LogP contribution in [-0.4, -0.2) is 16.5 Å². The van der Waals surface area contributed by atoms with Crippen LogP contribution in [0.15, 0.2) is 54.6 Å². The highest BCUT2D eigenvalue weighted by molar-refractivity contribution is 6.30. The van der Waals surface area contributed by atoms with Gasteiger partial charge in [0.25, 0.3) is 0 Å². The smallest absolute Gasteiger partial charge is 0.229 e. The summed E-state index contributed by atoms with van der Waals surface area (Å²) < 4.78 is 0. The van der Waals surface area contributed by atoms with Crippen molar-refractivity contribution >= 4 is 34.7 Å². The van der Waals surface area contributed by atoms with Gasteiger partial charge in [-0.1, -0.05) is 29.8 Å². The fourth-order valence-electron chi connectivity index (χ4n) is 3.18. The number of hydrogen-bond acceptors (Lipinski definition) is 4. The molecule has 0 spiro atoms. The van der Waals surface area contributed by atoms with Crippen LogP contribution in [0.4, 0.5) is 23.1 Å². The Morgan fingerprint density at radius 1 is 1.04 bits per heavy atom. The molecule has 4 nitrogen and oxygen atoms in total. The summed E-state index contributed by atoms with van der Waals surface area (Å²) in [4.78, 5) is 11.5. The molecule has 2 aromatic carbocycles. The van der Waals surface area contributed by atoms with E-state index in [1.165, 1.54) is 11.3 Å². The summed E-state index contributed by atoms with van der Waals surface area (Å²) in [6.07, 6.45) is 2.24. The molecule has 2 heterocycles. The summed E-state index contributed by atoms with van der Waals surface area (Å²) >= 11 is 5.95. The highest BCUT2D eigenvalue weighted by Crippen LogP contribution is 2.33. The molecular formula is C20H19ClN4. The standard InChI is InChI=1S/C20H19ClN4/c1-14-13-19(25-12-4-6-15-5-2-3-7-18(15)25)24-20(22-14)23-17-10-8-16(21)9-11-17/h2-3,5,7-11,13H,4,6,12H2,1H3,(H,22,23,24). The van der Waals surface area contributed by atoms with Crippen molar-refractivity contribution in [3.05, 3.63) is 70.9 Å². The molecule has 25 heavy (non-hydrogen) atoms. The van der Waals surface area contributed by atoms with Gasteiger partial charge in [0.1, 0.15) is 5.82 Å². The Labute approximate surface area is 152 Å². The van der Waals surface area contributed by atoms with E-state index in [4.69, 9.17) is 16.6 Å². The maximum Gasteiger partial charge on any atom is 0.229 e. The van der Waals surface area contributed by atoms with E-state index in [9.17, 15) is 0 Å². The molecule has 4 rings (SSSR count). The van der Waals surface area contributed by atoms with Crippen LogP contribution in [0, 0.1) is 6.92 Å². The first kappa shape index (κ1) is 15.9. The maximum atomic E-state index is 5.95. The molecule has 1 N–H and O–H groups in total. The van der Waals surface area contributed by atoms with Gasteiger partial charge < -0.3 is 10.2 Å². The average molecular weight is 351 g/mol. The van der Waals surface area contributed by atoms with E-state index < -0.39 is 0 Å². The van der Waals surface area contributed by atoms with Crippen LogP contribution in [0.3, 0.4) is 0 Å². The molecular weight excluding hydrogens is 332 g/mol. The number of hydrogen-bond donors (Lipinski definition) is 1. The predicted octanol–water partition coefficient (Wildman–Crippen LogP) is 5.27. The molecule has 126 valence electrons. The van der Waals surface area contributed by atoms with Crippen molar-refractivity contribution in [3.8, 4) is 0 Å². The minimum absolute atomic E-state index is 0.598. The Kier molecular flexibility index (Phi) is 4.28. The van der Waals surface area contributed by atoms with E-state index in [2.05, 4.69) is 39.5 Å². The number of aryl methyl sites for hydroxylation is 2. The van der Waals surface area contributed by atoms with Crippen LogP contribution < -0.4 is 10.2 Å². The van der Waals surface area contributed by atoms with Gasteiger partial charge in [0.15, 0.2) is 0 Å². The number of rotatable bonds is 3. The summed E-state index contributed by atoms with van der Waals surface area (Å²) in [5, 5.41) is 3.98. The van der Waals surface area contributed by atoms with Crippen molar-refractivity contribution < 1.29 is 0 Å². The number of nitrogens with zero attached hydrogens (tertiary/aromatic N) is 3. The number of fused-ring (bicyclic) bond motifs is 1. The number of anilines is 4. The Balaban J connectivity index is 1.67. The van der Waals surface area contributed by atoms with Gasteiger partial charge in [0.2, 0.25) is 5.95 Å². The average Bonchev–Trinajstić information content (AvgIpc) is 2.63. The van der Waals surface area contributed by atoms with Crippen molar-refractivity contribution in [1.82, 2.24) is 9.97 Å². The van der Waals surface area contributed by atoms with Gasteiger partial charge in [-0.25, -0.2) is 4.98 Å². The lowest BCUT2D eigenvalue weighted by atomic mass is 10.0. The largest absolute Gasteiger partial charge is 0.326 e. The summed E-state index contributed by atoms with van der Waals surface area (Å²) in [6, 6.07) is 18.1. The second-order valence-electron chi connectivity index (χ2n) is 6.21. The molecule has 1 aromatic heterocycles. The van der Waals surface area contributed by atoms with Crippen molar-refractivity contribution in [2.75, 3.05) is 16.8 Å². The third-order valence-electron chi connectivity index (χ3n) is 4.33. The maximum absolute atomic E-state index is 5.95. The number of benzene rings is 2. The Bertz CT molecular complexity index is 892. The summed E-state index contributed by atoms with van der Waals surface area (Å²) in [5.41, 5.74) is 4.46. The second kappa shape index (κ2) is 6.73. The van der Waals surface area contributed by atoms with Gasteiger partial charge in [-0.05, 0) is 55.7 Å². The fraction of sp³-hybridized carbons (Fsp3) is 0.200. The van der Waals surface area contributed by atoms with Crippen LogP contribution in [0.2, 0.25) is 5.02 Å². The van der Waals surface area contributed by atoms with E-state index >= 15 is 0 Å². The van der Waals surface area contributed by atoms with Crippen molar-refractivity contribution in [2.24, 2.45) is 0 Å². The number of aromatic nitrogens is 2. The number of nitrogens with one attached hydrogen (secondary N) is 1. The van der Waals surface area contributed by atoms with Gasteiger partial charge in [0, 0.05) is 34.7 Å². The van der Waals surface area contributed by atoms with Crippen LogP contribution >= 0.6 is 11.6 Å². The van der Waals surface area contributed by atoms with E-state index in [1.54, 1.807) is 0 Å². The third kappa shape index (κ3) is 3.44. The molecule has 0 amide bonds. The summed E-state index contributed by atoms with van der Waals surface area (Å²) in [6.45, 7) is 2.96. The Hall–Kier alpha value is -2.59. The summed E-state index contributed by atoms with van der Waals surface area (Å²) in [7, 11) is 0. The van der Waals surface area contributed by atoms with Crippen LogP contribution in [0.5, 0.6) is 0 Å². The monoisotopic (exact) mass is 350 g/mol. The van der Waals surface area contributed by atoms with Gasteiger partial charge in [0.05, 0.1) is 0 Å². The highest BCUT2D eigenvalue weighted by Gasteiger charge is 2.19. The predicted molar refractivity (Wildman–Crippen MR) is 103 cm³/mol. The van der Waals surface area contributed by atoms with Crippen LogP contribution in [0.1, 0.15) is 17.7 Å². The minimum atomic E-state index is 0.598. The third-order valence-corrected chi connectivity index (χ3v) is 4.58. The molecule has 0 atom stereocenters. The normalized spacial score (nSPS) is 13.4. The molecule has 5 heteroatoms. The first-order valence-corrected chi connectivity index (χ1v) is 8.80. The lowest BCUT2D eigenvalue weighted by molar-refractivity contribution is 0.758. The van der Waals surface area contributed by atoms with Crippen molar-refractivity contribution in [2.45, 2.75) is 19.8 Å². The summed E-state index contributed by atoms with van der Waals surface area (Å²) in [5.74, 6) is 1.52. The molecule has 1 aliphatic rings. The van der Waals surface area contributed by atoms with Gasteiger partial charge in [-0.15, -0.1) is 0 Å². The number of para-hydroxylation sites is 1. The van der Waals surface area contributed by atoms with E-state index in [0.717, 1.165) is 36.6 Å². The lowest BCUT2D eigenvalue weighted by Crippen LogP contribution is -2.25. The van der Waals surface area contributed by atoms with Gasteiger partial charge >= 0.3 is 0 Å². The SMILES string of the molecule is Cc1cc(N2CCCc3ccccc32)nc(Nc2ccc(Cl)cc2)n1. The van der Waals surface area contributed by atoms with Gasteiger partial charge in [-0.2, -0.15) is 4.98 Å². The lowest BCUT2D eigenvalue weighted by Gasteiger charge is -2.30. The zero-order valence-corrected chi connectivity index (χ0v) is 14.8. The first-order valence-electron chi connectivity index (χ1n) is 8.43. The topological polar surface area (TPSA) is 41.1 Å². The minimum Gasteiger partial charge on any atom is -0.326 e. The molecule has 1 aliphatic heterocycles. The molecule has 0 bridgehead atoms. The van der Waals surface area contributed by atoms with Crippen LogP contribution in [-0.2, 0) is 6.42 Å². The quantitative estimate of drug-likeness (QED) is 0.699. The molecule has 0 radical (unpaired) electrons. The Morgan fingerprint density at radius 3 is 2.68 bits per heavy atom. The fourth-order valence-corrected chi connectivity index (χ4v) is 3.31. The van der Waals surface area contributed by atoms with E-state index in [-0.39, 0.29) is 0 Å². The number of halogens is 1. The van der Waals surface area contributed by atoms with Gasteiger partial charge in [-0.3, -0.25) is 0 Å². The van der Waals surface area contributed by atoms with E-state index in [0.29, 0.717) is 11.0 Å². The van der Waals surface area contributed by atoms with Crippen LogP contribution in [0.25, 0.3) is 0 Å². The molecule has 0 saturated heterocycles. The zero-order chi connectivity index (χ0) is 17.2. The second-order valence-corrected chi connectivity index (χ2v) is 6.64. The molecule has 0 saturated carbocycles. The van der Waals surface area contributed by atoms with Crippen molar-refractivity contribution in [3.63, 3.8) is 0 Å². The molecule has 0 fully saturated rings. The molecule has 3 aromatic rings. The van der Waals surface area contributed by atoms with E-state index in [1.807, 2.05) is 37.3 Å². The van der Waals surface area contributed by atoms with Crippen molar-refractivity contribution in [1.29, 1.82) is 0 Å².